The first kappa shape index (κ1) is 20.2. The molecule has 2 aromatic rings. The van der Waals surface area contributed by atoms with Crippen molar-refractivity contribution in [1.82, 2.24) is 14.7 Å². The second kappa shape index (κ2) is 7.32. The Balaban J connectivity index is 1.63. The molecule has 2 unspecified atom stereocenters. The Hall–Kier alpha value is -3.06. The highest BCUT2D eigenvalue weighted by molar-refractivity contribution is 5.90. The molecule has 0 radical (unpaired) electrons. The van der Waals surface area contributed by atoms with E-state index >= 15 is 0 Å². The Morgan fingerprint density at radius 3 is 2.93 bits per heavy atom. The topological polar surface area (TPSA) is 94.2 Å². The normalized spacial score (nSPS) is 22.5. The molecular formula is C20H20F3N5O2. The predicted octanol–water partition coefficient (Wildman–Crippen LogP) is 3.12. The number of fused-ring (bicyclic) bond motifs is 3. The van der Waals surface area contributed by atoms with E-state index in [1.165, 1.54) is 21.7 Å². The second-order valence-corrected chi connectivity index (χ2v) is 7.70. The molecule has 1 aromatic carbocycles. The van der Waals surface area contributed by atoms with Gasteiger partial charge in [0.25, 0.3) is 0 Å². The monoisotopic (exact) mass is 419 g/mol. The number of alkyl halides is 2. The van der Waals surface area contributed by atoms with Crippen molar-refractivity contribution in [1.29, 1.82) is 5.26 Å². The first-order valence-electron chi connectivity index (χ1n) is 9.64. The first-order valence-corrected chi connectivity index (χ1v) is 9.64. The van der Waals surface area contributed by atoms with Gasteiger partial charge in [0.15, 0.2) is 0 Å². The van der Waals surface area contributed by atoms with Gasteiger partial charge in [-0.2, -0.15) is 19.1 Å². The van der Waals surface area contributed by atoms with E-state index in [-0.39, 0.29) is 48.1 Å². The van der Waals surface area contributed by atoms with Crippen molar-refractivity contribution in [2.45, 2.75) is 57.3 Å². The van der Waals surface area contributed by atoms with Gasteiger partial charge in [0, 0.05) is 30.3 Å². The van der Waals surface area contributed by atoms with E-state index in [0.717, 1.165) is 6.07 Å². The quantitative estimate of drug-likeness (QED) is 0.743. The van der Waals surface area contributed by atoms with E-state index in [1.54, 1.807) is 13.0 Å². The van der Waals surface area contributed by atoms with Gasteiger partial charge in [-0.05, 0) is 38.0 Å². The Labute approximate surface area is 170 Å². The fraction of sp³-hybridized carbons (Fsp3) is 0.450. The lowest BCUT2D eigenvalue weighted by atomic mass is 9.95. The summed E-state index contributed by atoms with van der Waals surface area (Å²) < 4.78 is 44.5. The third-order valence-electron chi connectivity index (χ3n) is 5.66. The van der Waals surface area contributed by atoms with Crippen LogP contribution >= 0.6 is 0 Å². The minimum Gasteiger partial charge on any atom is -0.386 e. The third-order valence-corrected chi connectivity index (χ3v) is 5.66. The van der Waals surface area contributed by atoms with Gasteiger partial charge in [-0.1, -0.05) is 0 Å². The molecule has 0 bridgehead atoms. The molecule has 7 nitrogen and oxygen atoms in total. The van der Waals surface area contributed by atoms with Crippen LogP contribution in [0.5, 0.6) is 0 Å². The minimum atomic E-state index is -3.46. The molecule has 3 heterocycles. The van der Waals surface area contributed by atoms with E-state index < -0.39 is 23.9 Å². The molecule has 0 saturated carbocycles. The van der Waals surface area contributed by atoms with Crippen LogP contribution in [-0.4, -0.2) is 38.0 Å². The minimum absolute atomic E-state index is 0.0302. The number of aromatic nitrogens is 2. The third kappa shape index (κ3) is 3.29. The first-order chi connectivity index (χ1) is 14.2. The summed E-state index contributed by atoms with van der Waals surface area (Å²) in [4.78, 5) is 14.2. The number of nitrogens with one attached hydrogen (secondary N) is 1. The van der Waals surface area contributed by atoms with E-state index in [2.05, 4.69) is 10.4 Å². The number of urea groups is 1. The maximum Gasteiger partial charge on any atom is 0.322 e. The number of hydrogen-bond donors (Lipinski definition) is 2. The molecule has 10 heteroatoms. The number of aryl methyl sites for hydroxylation is 1. The summed E-state index contributed by atoms with van der Waals surface area (Å²) in [5, 5.41) is 25.8. The molecule has 2 atom stereocenters. The summed E-state index contributed by atoms with van der Waals surface area (Å²) in [6, 6.07) is 4.44. The highest BCUT2D eigenvalue weighted by Gasteiger charge is 2.48. The number of carbonyl (C=O) groups is 1. The van der Waals surface area contributed by atoms with Crippen LogP contribution in [0.3, 0.4) is 0 Å². The van der Waals surface area contributed by atoms with Gasteiger partial charge < -0.3 is 15.3 Å². The lowest BCUT2D eigenvalue weighted by Crippen LogP contribution is -2.45. The van der Waals surface area contributed by atoms with Crippen molar-refractivity contribution in [2.75, 3.05) is 5.32 Å². The van der Waals surface area contributed by atoms with Crippen LogP contribution in [0.15, 0.2) is 18.2 Å². The number of amides is 2. The largest absolute Gasteiger partial charge is 0.386 e. The van der Waals surface area contributed by atoms with Crippen LogP contribution in [0.4, 0.5) is 23.7 Å². The fourth-order valence-electron chi connectivity index (χ4n) is 4.06. The number of benzene rings is 1. The molecule has 2 N–H and O–H groups in total. The molecule has 158 valence electrons. The second-order valence-electron chi connectivity index (χ2n) is 7.70. The van der Waals surface area contributed by atoms with E-state index in [4.69, 9.17) is 5.26 Å². The van der Waals surface area contributed by atoms with Crippen molar-refractivity contribution < 1.29 is 23.1 Å². The zero-order valence-corrected chi connectivity index (χ0v) is 16.2. The molecule has 2 amide bonds. The van der Waals surface area contributed by atoms with Gasteiger partial charge in [0.1, 0.15) is 23.7 Å². The maximum absolute atomic E-state index is 14.9. The number of aliphatic hydroxyl groups excluding tert-OH is 1. The van der Waals surface area contributed by atoms with Crippen LogP contribution in [0, 0.1) is 17.1 Å². The summed E-state index contributed by atoms with van der Waals surface area (Å²) in [7, 11) is 0. The lowest BCUT2D eigenvalue weighted by Gasteiger charge is -2.34. The Bertz CT molecular complexity index is 1050. The van der Waals surface area contributed by atoms with Crippen molar-refractivity contribution in [2.24, 2.45) is 0 Å². The standard InChI is InChI=1S/C20H20F3N5O2/c1-11-7-16-14(18-20(22,23)17(29)3-2-6-28(18)26-16)10-27(11)19(30)25-13-4-5-15(21)12(8-13)9-24/h4-5,8,11,17,29H,2-3,6-7,10H2,1H3,(H,25,30). The van der Waals surface area contributed by atoms with Crippen LogP contribution in [0.1, 0.15) is 42.3 Å². The van der Waals surface area contributed by atoms with Crippen LogP contribution in [0.25, 0.3) is 0 Å². The molecule has 0 fully saturated rings. The Morgan fingerprint density at radius 1 is 1.43 bits per heavy atom. The van der Waals surface area contributed by atoms with Crippen LogP contribution in [0.2, 0.25) is 0 Å². The van der Waals surface area contributed by atoms with Crippen LogP contribution < -0.4 is 5.32 Å². The van der Waals surface area contributed by atoms with Gasteiger partial charge in [0.2, 0.25) is 0 Å². The highest BCUT2D eigenvalue weighted by atomic mass is 19.3. The van der Waals surface area contributed by atoms with Crippen molar-refractivity contribution >= 4 is 11.7 Å². The van der Waals surface area contributed by atoms with E-state index in [1.807, 2.05) is 0 Å². The Kier molecular flexibility index (Phi) is 4.94. The zero-order chi connectivity index (χ0) is 21.6. The van der Waals surface area contributed by atoms with Gasteiger partial charge in [-0.3, -0.25) is 4.68 Å². The molecule has 2 aliphatic rings. The molecule has 1 aromatic heterocycles. The molecule has 0 spiro atoms. The number of rotatable bonds is 1. The van der Waals surface area contributed by atoms with Crippen molar-refractivity contribution in [3.05, 3.63) is 46.5 Å². The smallest absolute Gasteiger partial charge is 0.322 e. The van der Waals surface area contributed by atoms with Gasteiger partial charge in [-0.25, -0.2) is 9.18 Å². The van der Waals surface area contributed by atoms with E-state index in [9.17, 15) is 23.1 Å². The molecule has 4 rings (SSSR count). The number of nitriles is 1. The number of aliphatic hydroxyl groups is 1. The average molecular weight is 419 g/mol. The Morgan fingerprint density at radius 2 is 2.20 bits per heavy atom. The summed E-state index contributed by atoms with van der Waals surface area (Å²) in [6.07, 6.45) is -1.15. The summed E-state index contributed by atoms with van der Waals surface area (Å²) >= 11 is 0. The summed E-state index contributed by atoms with van der Waals surface area (Å²) in [5.41, 5.74) is 0.443. The zero-order valence-electron chi connectivity index (χ0n) is 16.2. The lowest BCUT2D eigenvalue weighted by molar-refractivity contribution is -0.119. The number of anilines is 1. The summed E-state index contributed by atoms with van der Waals surface area (Å²) in [6.45, 7) is 1.97. The molecular weight excluding hydrogens is 399 g/mol. The van der Waals surface area contributed by atoms with Crippen LogP contribution in [-0.2, 0) is 25.4 Å². The van der Waals surface area contributed by atoms with Gasteiger partial charge in [0.05, 0.1) is 17.8 Å². The molecule has 30 heavy (non-hydrogen) atoms. The fourth-order valence-corrected chi connectivity index (χ4v) is 4.06. The number of hydrogen-bond acceptors (Lipinski definition) is 4. The molecule has 0 aliphatic carbocycles. The predicted molar refractivity (Wildman–Crippen MR) is 100 cm³/mol. The van der Waals surface area contributed by atoms with Gasteiger partial charge >= 0.3 is 12.0 Å². The number of nitrogens with zero attached hydrogens (tertiary/aromatic N) is 4. The number of halogens is 3. The van der Waals surface area contributed by atoms with E-state index in [0.29, 0.717) is 18.5 Å². The van der Waals surface area contributed by atoms with Gasteiger partial charge in [-0.15, -0.1) is 0 Å². The maximum atomic E-state index is 14.9. The average Bonchev–Trinajstić information content (AvgIpc) is 3.01. The number of carbonyl (C=O) groups excluding carboxylic acids is 1. The van der Waals surface area contributed by atoms with Crippen molar-refractivity contribution in [3.63, 3.8) is 0 Å². The molecule has 2 aliphatic heterocycles. The molecule has 0 saturated heterocycles. The highest BCUT2D eigenvalue weighted by Crippen LogP contribution is 2.41. The van der Waals surface area contributed by atoms with Crippen molar-refractivity contribution in [3.8, 4) is 6.07 Å². The summed E-state index contributed by atoms with van der Waals surface area (Å²) in [5.74, 6) is -4.16. The SMILES string of the molecule is CC1Cc2nn3c(c2CN1C(=O)Nc1ccc(F)c(C#N)c1)C(F)(F)C(O)CCC3.